The number of amides is 3. The van der Waals surface area contributed by atoms with Crippen molar-refractivity contribution in [3.8, 4) is 0 Å². The van der Waals surface area contributed by atoms with Gasteiger partial charge in [-0.25, -0.2) is 9.59 Å². The highest BCUT2D eigenvalue weighted by Crippen LogP contribution is 2.29. The first-order valence-corrected chi connectivity index (χ1v) is 12.0. The Morgan fingerprint density at radius 3 is 2.20 bits per heavy atom. The van der Waals surface area contributed by atoms with Gasteiger partial charge in [-0.2, -0.15) is 13.2 Å². The lowest BCUT2D eigenvalue weighted by Gasteiger charge is -2.23. The normalized spacial score (nSPS) is 13.2. The van der Waals surface area contributed by atoms with Gasteiger partial charge >= 0.3 is 18.2 Å². The Kier molecular flexibility index (Phi) is 8.97. The molecule has 3 amide bonds. The molecule has 3 rings (SSSR count). The maximum absolute atomic E-state index is 13.2. The maximum atomic E-state index is 13.2. The molecule has 0 radical (unpaired) electrons. The number of anilines is 1. The van der Waals surface area contributed by atoms with E-state index in [0.717, 1.165) is 24.3 Å². The molecular formula is C27H27F3N4O6. The molecule has 212 valence electrons. The fraction of sp³-hybridized carbons (Fsp3) is 0.296. The lowest BCUT2D eigenvalue weighted by atomic mass is 10.0. The number of para-hydroxylation sites is 1. The number of aromatic nitrogens is 1. The second-order valence-corrected chi connectivity index (χ2v) is 9.78. The number of aliphatic carboxylic acids is 1. The number of halogens is 3. The minimum absolute atomic E-state index is 0.247. The molecule has 4 N–H and O–H groups in total. The molecule has 13 heteroatoms. The van der Waals surface area contributed by atoms with E-state index in [0.29, 0.717) is 10.9 Å². The number of carboxylic acid groups (broad SMARTS) is 1. The van der Waals surface area contributed by atoms with Crippen molar-refractivity contribution >= 4 is 40.5 Å². The number of nitrogens with zero attached hydrogens (tertiary/aromatic N) is 1. The third kappa shape index (κ3) is 8.41. The highest BCUT2D eigenvalue weighted by atomic mass is 19.4. The zero-order valence-electron chi connectivity index (χ0n) is 21.7. The summed E-state index contributed by atoms with van der Waals surface area (Å²) < 4.78 is 43.9. The molecule has 0 aliphatic heterocycles. The monoisotopic (exact) mass is 560 g/mol. The molecule has 0 saturated carbocycles. The van der Waals surface area contributed by atoms with Crippen molar-refractivity contribution in [3.63, 3.8) is 0 Å². The van der Waals surface area contributed by atoms with Crippen LogP contribution in [-0.2, 0) is 31.7 Å². The predicted molar refractivity (Wildman–Crippen MR) is 138 cm³/mol. The van der Waals surface area contributed by atoms with Crippen molar-refractivity contribution in [2.45, 2.75) is 51.1 Å². The Labute approximate surface area is 226 Å². The van der Waals surface area contributed by atoms with E-state index in [-0.39, 0.29) is 17.7 Å². The third-order valence-corrected chi connectivity index (χ3v) is 5.38. The molecule has 0 aliphatic rings. The molecular weight excluding hydrogens is 533 g/mol. The summed E-state index contributed by atoms with van der Waals surface area (Å²) in [5.74, 6) is -3.77. The van der Waals surface area contributed by atoms with E-state index in [2.05, 4.69) is 15.6 Å². The van der Waals surface area contributed by atoms with E-state index in [1.807, 2.05) is 5.32 Å². The van der Waals surface area contributed by atoms with Crippen LogP contribution in [-0.4, -0.2) is 51.7 Å². The molecule has 2 atom stereocenters. The molecule has 10 nitrogen and oxygen atoms in total. The van der Waals surface area contributed by atoms with Crippen LogP contribution in [0.3, 0.4) is 0 Å². The number of hydrogen-bond acceptors (Lipinski definition) is 6. The molecule has 40 heavy (non-hydrogen) atoms. The van der Waals surface area contributed by atoms with Crippen LogP contribution in [0.5, 0.6) is 0 Å². The van der Waals surface area contributed by atoms with Crippen LogP contribution in [0.4, 0.5) is 23.7 Å². The maximum Gasteiger partial charge on any atom is 0.416 e. The van der Waals surface area contributed by atoms with Crippen LogP contribution in [0.15, 0.2) is 60.8 Å². The number of pyridine rings is 1. The highest BCUT2D eigenvalue weighted by Gasteiger charge is 2.34. The van der Waals surface area contributed by atoms with E-state index in [1.165, 1.54) is 27.0 Å². The Balaban J connectivity index is 1.85. The molecule has 0 spiro atoms. The van der Waals surface area contributed by atoms with Gasteiger partial charge in [0.2, 0.25) is 11.9 Å². The topological polar surface area (TPSA) is 147 Å². The molecule has 0 fully saturated rings. The number of carbonyl (C=O) groups is 4. The number of benzene rings is 2. The minimum Gasteiger partial charge on any atom is -0.479 e. The van der Waals surface area contributed by atoms with Gasteiger partial charge in [0.25, 0.3) is 5.91 Å². The number of carboxylic acids is 1. The minimum atomic E-state index is -4.57. The second-order valence-electron chi connectivity index (χ2n) is 9.78. The lowest BCUT2D eigenvalue weighted by Crippen LogP contribution is -2.56. The first-order chi connectivity index (χ1) is 18.6. The van der Waals surface area contributed by atoms with Gasteiger partial charge in [-0.15, -0.1) is 0 Å². The zero-order valence-corrected chi connectivity index (χ0v) is 21.7. The van der Waals surface area contributed by atoms with Crippen LogP contribution in [0.25, 0.3) is 10.9 Å². The highest BCUT2D eigenvalue weighted by molar-refractivity contribution is 6.06. The van der Waals surface area contributed by atoms with E-state index >= 15 is 0 Å². The predicted octanol–water partition coefficient (Wildman–Crippen LogP) is 3.90. The summed E-state index contributed by atoms with van der Waals surface area (Å²) in [6.07, 6.45) is -4.67. The number of ether oxygens (including phenoxy) is 1. The van der Waals surface area contributed by atoms with E-state index in [1.54, 1.807) is 30.3 Å². The Hall–Kier alpha value is -4.68. The number of hydrogen-bond donors (Lipinski definition) is 4. The first-order valence-electron chi connectivity index (χ1n) is 12.0. The number of carbonyl (C=O) groups excluding carboxylic acids is 3. The second kappa shape index (κ2) is 12.0. The van der Waals surface area contributed by atoms with Crippen molar-refractivity contribution < 1.29 is 42.2 Å². The summed E-state index contributed by atoms with van der Waals surface area (Å²) in [6.45, 7) is 4.61. The van der Waals surface area contributed by atoms with Crippen LogP contribution in [0, 0.1) is 0 Å². The van der Waals surface area contributed by atoms with E-state index < -0.39 is 53.3 Å². The molecule has 2 aromatic carbocycles. The van der Waals surface area contributed by atoms with Crippen molar-refractivity contribution in [3.05, 3.63) is 71.9 Å². The average molecular weight is 561 g/mol. The fourth-order valence-corrected chi connectivity index (χ4v) is 3.56. The van der Waals surface area contributed by atoms with Crippen molar-refractivity contribution in [2.75, 3.05) is 5.32 Å². The summed E-state index contributed by atoms with van der Waals surface area (Å²) in [5.41, 5.74) is -0.722. The van der Waals surface area contributed by atoms with Gasteiger partial charge in [-0.05, 0) is 50.6 Å². The number of alkyl halides is 3. The third-order valence-electron chi connectivity index (χ3n) is 5.38. The van der Waals surface area contributed by atoms with Gasteiger partial charge in [-0.3, -0.25) is 19.9 Å². The molecule has 1 heterocycles. The quantitative estimate of drug-likeness (QED) is 0.306. The smallest absolute Gasteiger partial charge is 0.416 e. The van der Waals surface area contributed by atoms with Crippen LogP contribution >= 0.6 is 0 Å². The summed E-state index contributed by atoms with van der Waals surface area (Å²) in [5, 5.41) is 17.0. The van der Waals surface area contributed by atoms with E-state index in [9.17, 15) is 37.5 Å². The molecule has 3 aromatic rings. The van der Waals surface area contributed by atoms with Gasteiger partial charge in [0.05, 0.1) is 23.0 Å². The number of nitrogens with one attached hydrogen (secondary N) is 3. The largest absolute Gasteiger partial charge is 0.479 e. The van der Waals surface area contributed by atoms with Gasteiger partial charge in [0.1, 0.15) is 11.6 Å². The van der Waals surface area contributed by atoms with Crippen LogP contribution in [0.1, 0.15) is 31.9 Å². The van der Waals surface area contributed by atoms with Gasteiger partial charge < -0.3 is 20.5 Å². The number of fused-ring (bicyclic) bond motifs is 1. The van der Waals surface area contributed by atoms with Crippen molar-refractivity contribution in [1.29, 1.82) is 0 Å². The summed E-state index contributed by atoms with van der Waals surface area (Å²) in [4.78, 5) is 54.2. The Morgan fingerprint density at radius 2 is 1.60 bits per heavy atom. The SMILES string of the molecule is CC(C)(C)OC(=O)NC(C(=O)O)C(=O)N[C@@H](Cc1ccc(C(F)(F)F)cc1)C(=O)Nc1cnc2ccccc2c1. The molecule has 1 unspecified atom stereocenters. The van der Waals surface area contributed by atoms with Gasteiger partial charge in [0, 0.05) is 11.8 Å². The molecule has 1 aromatic heterocycles. The van der Waals surface area contributed by atoms with Crippen molar-refractivity contribution in [2.24, 2.45) is 0 Å². The summed E-state index contributed by atoms with van der Waals surface area (Å²) >= 11 is 0. The first kappa shape index (κ1) is 29.9. The molecule has 0 saturated heterocycles. The number of alkyl carbamates (subject to hydrolysis) is 1. The van der Waals surface area contributed by atoms with Crippen LogP contribution < -0.4 is 16.0 Å². The summed E-state index contributed by atoms with van der Waals surface area (Å²) in [6, 6.07) is 9.06. The molecule has 0 aliphatic carbocycles. The lowest BCUT2D eigenvalue weighted by molar-refractivity contribution is -0.145. The average Bonchev–Trinajstić information content (AvgIpc) is 2.85. The standard InChI is InChI=1S/C27H27F3N4O6/c1-26(2,3)40-25(39)34-21(24(37)38)23(36)33-20(12-15-8-10-17(11-9-15)27(28,29)30)22(35)32-18-13-16-6-4-5-7-19(16)31-14-18/h4-11,13-14,20-21H,12H2,1-3H3,(H,32,35)(H,33,36)(H,34,39)(H,37,38)/t20-,21?/m0/s1. The van der Waals surface area contributed by atoms with Crippen LogP contribution in [0.2, 0.25) is 0 Å². The Morgan fingerprint density at radius 1 is 0.950 bits per heavy atom. The fourth-order valence-electron chi connectivity index (χ4n) is 3.56. The molecule has 0 bridgehead atoms. The van der Waals surface area contributed by atoms with Gasteiger partial charge in [0.15, 0.2) is 0 Å². The summed E-state index contributed by atoms with van der Waals surface area (Å²) in [7, 11) is 0. The zero-order chi connectivity index (χ0) is 29.7. The van der Waals surface area contributed by atoms with Gasteiger partial charge in [-0.1, -0.05) is 30.3 Å². The Bertz CT molecular complexity index is 1400. The van der Waals surface area contributed by atoms with E-state index in [4.69, 9.17) is 4.74 Å². The van der Waals surface area contributed by atoms with Crippen molar-refractivity contribution in [1.82, 2.24) is 15.6 Å². The number of rotatable bonds is 8.